The zero-order valence-electron chi connectivity index (χ0n) is 36.0. The molecule has 0 atom stereocenters. The average molecular weight is 659 g/mol. The standard InChI is InChI=1S/C48H31N3/c1-2-14-32(15-3-1)33-16-12-17-34(30-33)49-41-22-8-6-20-38(41)40-31-35(28-29-45(40)49)50-44-25-11-7-21-39(44)48-46(50)26-13-27-47(48)51-42-23-9-4-18-36(42)37-19-5-10-24-43(37)51/h1-31H/i1D,2D,3D,12D,14D,15D,16D,17D,30D. The van der Waals surface area contributed by atoms with Gasteiger partial charge in [-0.1, -0.05) is 121 Å². The van der Waals surface area contributed by atoms with Crippen LogP contribution in [-0.2, 0) is 0 Å². The molecule has 11 aromatic rings. The zero-order valence-corrected chi connectivity index (χ0v) is 27.0. The van der Waals surface area contributed by atoms with Crippen molar-refractivity contribution in [3.8, 4) is 28.2 Å². The van der Waals surface area contributed by atoms with Crippen LogP contribution in [0.5, 0.6) is 0 Å². The summed E-state index contributed by atoms with van der Waals surface area (Å²) in [4.78, 5) is 0. The van der Waals surface area contributed by atoms with E-state index in [9.17, 15) is 1.37 Å². The van der Waals surface area contributed by atoms with Gasteiger partial charge in [-0.3, -0.25) is 0 Å². The molecule has 0 aliphatic heterocycles. The van der Waals surface area contributed by atoms with Gasteiger partial charge < -0.3 is 13.7 Å². The van der Waals surface area contributed by atoms with Gasteiger partial charge in [-0.2, -0.15) is 0 Å². The summed E-state index contributed by atoms with van der Waals surface area (Å²) in [6.07, 6.45) is 0. The van der Waals surface area contributed by atoms with Crippen molar-refractivity contribution in [1.29, 1.82) is 0 Å². The van der Waals surface area contributed by atoms with Gasteiger partial charge in [0.15, 0.2) is 0 Å². The maximum absolute atomic E-state index is 9.51. The van der Waals surface area contributed by atoms with Gasteiger partial charge >= 0.3 is 0 Å². The molecule has 3 heteroatoms. The lowest BCUT2D eigenvalue weighted by molar-refractivity contribution is 1.16. The number of hydrogen-bond donors (Lipinski definition) is 0. The fourth-order valence-electron chi connectivity index (χ4n) is 7.93. The molecule has 11 rings (SSSR count). The molecule has 0 fully saturated rings. The largest absolute Gasteiger partial charge is 0.309 e. The van der Waals surface area contributed by atoms with Crippen molar-refractivity contribution >= 4 is 65.4 Å². The van der Waals surface area contributed by atoms with Crippen LogP contribution in [-0.4, -0.2) is 13.7 Å². The van der Waals surface area contributed by atoms with Crippen LogP contribution in [0, 0.1) is 0 Å². The molecule has 3 aromatic heterocycles. The Balaban J connectivity index is 1.19. The third-order valence-electron chi connectivity index (χ3n) is 10.00. The van der Waals surface area contributed by atoms with Gasteiger partial charge in [-0.05, 0) is 77.8 Å². The van der Waals surface area contributed by atoms with Gasteiger partial charge in [0.1, 0.15) is 0 Å². The highest BCUT2D eigenvalue weighted by Crippen LogP contribution is 2.41. The maximum Gasteiger partial charge on any atom is 0.0651 e. The summed E-state index contributed by atoms with van der Waals surface area (Å²) in [6, 6.07) is 40.6. The van der Waals surface area contributed by atoms with Gasteiger partial charge in [0.25, 0.3) is 0 Å². The summed E-state index contributed by atoms with van der Waals surface area (Å²) in [6.45, 7) is 0. The lowest BCUT2D eigenvalue weighted by Crippen LogP contribution is -1.97. The Kier molecular flexibility index (Phi) is 4.38. The van der Waals surface area contributed by atoms with E-state index in [1.54, 1.807) is 4.57 Å². The van der Waals surface area contributed by atoms with Crippen LogP contribution in [0.4, 0.5) is 0 Å². The van der Waals surface area contributed by atoms with E-state index in [4.69, 9.17) is 11.0 Å². The number of rotatable bonds is 4. The minimum absolute atomic E-state index is 0.0237. The highest BCUT2D eigenvalue weighted by atomic mass is 15.0. The molecule has 0 saturated heterocycles. The average Bonchev–Trinajstić information content (AvgIpc) is 3.91. The van der Waals surface area contributed by atoms with Gasteiger partial charge in [0, 0.05) is 43.7 Å². The first-order valence-electron chi connectivity index (χ1n) is 21.3. The van der Waals surface area contributed by atoms with Gasteiger partial charge in [0.2, 0.25) is 0 Å². The summed E-state index contributed by atoms with van der Waals surface area (Å²) in [5, 5.41) is 6.18. The van der Waals surface area contributed by atoms with E-state index >= 15 is 0 Å². The molecule has 3 nitrogen and oxygen atoms in total. The van der Waals surface area contributed by atoms with E-state index in [2.05, 4.69) is 100 Å². The minimum Gasteiger partial charge on any atom is -0.309 e. The number of nitrogens with zero attached hydrogens (tertiary/aromatic N) is 3. The first-order valence-corrected chi connectivity index (χ1v) is 16.8. The van der Waals surface area contributed by atoms with Crippen molar-refractivity contribution in [3.05, 3.63) is 188 Å². The second-order valence-corrected chi connectivity index (χ2v) is 12.7. The molecule has 8 aromatic carbocycles. The van der Waals surface area contributed by atoms with Crippen molar-refractivity contribution in [2.24, 2.45) is 0 Å². The molecule has 0 unspecified atom stereocenters. The molecule has 0 aliphatic rings. The Morgan fingerprint density at radius 3 is 1.59 bits per heavy atom. The first kappa shape index (κ1) is 20.6. The fraction of sp³-hybridized carbons (Fsp3) is 0. The normalized spacial score (nSPS) is 14.4. The Morgan fingerprint density at radius 1 is 0.353 bits per heavy atom. The molecule has 3 heterocycles. The number of hydrogen-bond acceptors (Lipinski definition) is 0. The van der Waals surface area contributed by atoms with Crippen LogP contribution in [0.3, 0.4) is 0 Å². The molecule has 51 heavy (non-hydrogen) atoms. The SMILES string of the molecule is [2H]c1c([2H])c([2H])c(-c2c([2H])c([2H])c([2H])c(-n3c4ccccc4c4cc(-n5c6ccccc6c6c(-n7c8ccccc8c8ccccc87)cccc65)ccc43)c2[2H])c([2H])c1[2H]. The molecular weight excluding hydrogens is 619 g/mol. The Labute approximate surface area is 307 Å². The van der Waals surface area contributed by atoms with Crippen LogP contribution < -0.4 is 0 Å². The maximum atomic E-state index is 9.51. The summed E-state index contributed by atoms with van der Waals surface area (Å²) in [5.74, 6) is 0. The van der Waals surface area contributed by atoms with Gasteiger partial charge in [-0.25, -0.2) is 0 Å². The summed E-state index contributed by atoms with van der Waals surface area (Å²) in [7, 11) is 0. The van der Waals surface area contributed by atoms with E-state index in [0.717, 1.165) is 55.0 Å². The minimum atomic E-state index is -0.607. The molecule has 238 valence electrons. The second-order valence-electron chi connectivity index (χ2n) is 12.7. The fourth-order valence-corrected chi connectivity index (χ4v) is 7.93. The molecular formula is C48H31N3. The molecule has 0 N–H and O–H groups in total. The van der Waals surface area contributed by atoms with E-state index in [-0.39, 0.29) is 28.9 Å². The Morgan fingerprint density at radius 2 is 0.882 bits per heavy atom. The van der Waals surface area contributed by atoms with Crippen molar-refractivity contribution in [2.45, 2.75) is 0 Å². The monoisotopic (exact) mass is 658 g/mol. The molecule has 0 radical (unpaired) electrons. The summed E-state index contributed by atoms with van der Waals surface area (Å²) >= 11 is 0. The van der Waals surface area contributed by atoms with Crippen LogP contribution in [0.1, 0.15) is 12.3 Å². The molecule has 0 aliphatic carbocycles. The topological polar surface area (TPSA) is 14.8 Å². The van der Waals surface area contributed by atoms with Crippen molar-refractivity contribution in [3.63, 3.8) is 0 Å². The predicted molar refractivity (Wildman–Crippen MR) is 215 cm³/mol. The summed E-state index contributed by atoms with van der Waals surface area (Å²) < 4.78 is 84.8. The number of fused-ring (bicyclic) bond motifs is 9. The highest BCUT2D eigenvalue weighted by Gasteiger charge is 2.20. The van der Waals surface area contributed by atoms with Crippen molar-refractivity contribution < 1.29 is 12.3 Å². The number of para-hydroxylation sites is 4. The van der Waals surface area contributed by atoms with Crippen molar-refractivity contribution in [2.75, 3.05) is 0 Å². The Hall–Kier alpha value is -6.84. The van der Waals surface area contributed by atoms with Crippen LogP contribution in [0.15, 0.2) is 188 Å². The zero-order chi connectivity index (χ0) is 41.3. The van der Waals surface area contributed by atoms with Crippen LogP contribution in [0.25, 0.3) is 93.6 Å². The van der Waals surface area contributed by atoms with Gasteiger partial charge in [0.05, 0.1) is 51.1 Å². The third kappa shape index (κ3) is 4.06. The van der Waals surface area contributed by atoms with Crippen LogP contribution in [0.2, 0.25) is 0 Å². The van der Waals surface area contributed by atoms with Crippen LogP contribution >= 0.6 is 0 Å². The molecule has 0 spiro atoms. The number of benzene rings is 8. The highest BCUT2D eigenvalue weighted by molar-refractivity contribution is 6.17. The van der Waals surface area contributed by atoms with E-state index in [1.807, 2.05) is 42.5 Å². The van der Waals surface area contributed by atoms with Gasteiger partial charge in [-0.15, -0.1) is 0 Å². The third-order valence-corrected chi connectivity index (χ3v) is 10.00. The smallest absolute Gasteiger partial charge is 0.0651 e. The predicted octanol–water partition coefficient (Wildman–Crippen LogP) is 12.6. The second kappa shape index (κ2) is 10.8. The van der Waals surface area contributed by atoms with Crippen molar-refractivity contribution in [1.82, 2.24) is 13.7 Å². The molecule has 0 saturated carbocycles. The molecule has 0 amide bonds. The quantitative estimate of drug-likeness (QED) is 0.179. The first-order chi connectivity index (χ1) is 29.1. The van der Waals surface area contributed by atoms with E-state index in [1.165, 1.54) is 10.8 Å². The van der Waals surface area contributed by atoms with E-state index < -0.39 is 42.3 Å². The summed E-state index contributed by atoms with van der Waals surface area (Å²) in [5.41, 5.74) is 6.81. The molecule has 0 bridgehead atoms. The number of aromatic nitrogens is 3. The lowest BCUT2D eigenvalue weighted by Gasteiger charge is -2.12. The van der Waals surface area contributed by atoms with E-state index in [0.29, 0.717) is 11.0 Å². The lowest BCUT2D eigenvalue weighted by atomic mass is 10.1. The Bertz CT molecular complexity index is 3590.